The minimum atomic E-state index is -4.56. The number of pyridine rings is 1. The summed E-state index contributed by atoms with van der Waals surface area (Å²) < 4.78 is 45.2. The molecule has 0 unspecified atom stereocenters. The van der Waals surface area contributed by atoms with E-state index in [0.717, 1.165) is 6.07 Å². The average Bonchev–Trinajstić information content (AvgIpc) is 3.07. The van der Waals surface area contributed by atoms with E-state index in [-0.39, 0.29) is 29.8 Å². The second kappa shape index (κ2) is 7.49. The number of amides is 1. The molecule has 1 aromatic heterocycles. The number of carbonyl (C=O) groups excluding carboxylic acids is 1. The minimum Gasteiger partial charge on any atom is -0.444 e. The Labute approximate surface area is 168 Å². The molecule has 0 spiro atoms. The Balaban J connectivity index is 1.75. The molecule has 156 valence electrons. The zero-order valence-corrected chi connectivity index (χ0v) is 15.6. The van der Waals surface area contributed by atoms with Gasteiger partial charge in [0.2, 0.25) is 0 Å². The number of alkyl halides is 3. The van der Waals surface area contributed by atoms with Crippen LogP contribution in [-0.2, 0) is 10.9 Å². The number of nitrogens with one attached hydrogen (secondary N) is 1. The highest BCUT2D eigenvalue weighted by Gasteiger charge is 2.34. The Hall–Kier alpha value is -3.33. The van der Waals surface area contributed by atoms with Crippen LogP contribution in [0.15, 0.2) is 53.3 Å². The number of hydrogen-bond acceptors (Lipinski definition) is 4. The lowest BCUT2D eigenvalue weighted by Crippen LogP contribution is -2.25. The molecule has 0 bridgehead atoms. The van der Waals surface area contributed by atoms with Crippen LogP contribution in [-0.4, -0.2) is 35.4 Å². The van der Waals surface area contributed by atoms with Gasteiger partial charge in [-0.05, 0) is 29.7 Å². The summed E-state index contributed by atoms with van der Waals surface area (Å²) in [5, 5.41) is 9.69. The number of nitrogens with zero attached hydrogens (tertiary/aromatic N) is 1. The maximum Gasteiger partial charge on any atom is 0.417 e. The van der Waals surface area contributed by atoms with Gasteiger partial charge < -0.3 is 14.8 Å². The van der Waals surface area contributed by atoms with Crippen molar-refractivity contribution in [2.24, 2.45) is 0 Å². The molecule has 1 atom stereocenters. The van der Waals surface area contributed by atoms with E-state index in [1.165, 1.54) is 35.2 Å². The second-order valence-electron chi connectivity index (χ2n) is 6.96. The van der Waals surface area contributed by atoms with Crippen LogP contribution in [0.4, 0.5) is 23.7 Å². The summed E-state index contributed by atoms with van der Waals surface area (Å²) >= 11 is 0. The Morgan fingerprint density at radius 1 is 1.13 bits per heavy atom. The first kappa shape index (κ1) is 20.0. The molecule has 4 rings (SSSR count). The zero-order chi connectivity index (χ0) is 21.5. The van der Waals surface area contributed by atoms with Crippen molar-refractivity contribution in [2.75, 3.05) is 18.1 Å². The van der Waals surface area contributed by atoms with Crippen molar-refractivity contribution < 1.29 is 27.8 Å². The van der Waals surface area contributed by atoms with Crippen molar-refractivity contribution in [3.05, 3.63) is 64.4 Å². The fourth-order valence-electron chi connectivity index (χ4n) is 3.55. The highest BCUT2D eigenvalue weighted by Crippen LogP contribution is 2.36. The van der Waals surface area contributed by atoms with Gasteiger partial charge in [-0.2, -0.15) is 13.2 Å². The van der Waals surface area contributed by atoms with Gasteiger partial charge in [0.1, 0.15) is 6.10 Å². The molecule has 1 aliphatic rings. The van der Waals surface area contributed by atoms with E-state index in [9.17, 15) is 22.8 Å². The first-order valence-electron chi connectivity index (χ1n) is 9.20. The van der Waals surface area contributed by atoms with E-state index in [1.807, 2.05) is 0 Å². The number of aliphatic hydroxyl groups is 1. The van der Waals surface area contributed by atoms with Crippen molar-refractivity contribution in [2.45, 2.75) is 18.7 Å². The molecule has 2 N–H and O–H groups in total. The van der Waals surface area contributed by atoms with Crippen LogP contribution >= 0.6 is 0 Å². The summed E-state index contributed by atoms with van der Waals surface area (Å²) in [6.07, 6.45) is -5.29. The maximum absolute atomic E-state index is 13.3. The monoisotopic (exact) mass is 418 g/mol. The number of hydrogen-bond donors (Lipinski definition) is 2. The van der Waals surface area contributed by atoms with Crippen molar-refractivity contribution >= 4 is 22.6 Å². The first-order valence-corrected chi connectivity index (χ1v) is 9.20. The molecule has 30 heavy (non-hydrogen) atoms. The van der Waals surface area contributed by atoms with Gasteiger partial charge in [0.25, 0.3) is 5.56 Å². The molecule has 1 aliphatic heterocycles. The summed E-state index contributed by atoms with van der Waals surface area (Å²) in [6.45, 7) is 0.116. The molecule has 0 saturated carbocycles. The molecular weight excluding hydrogens is 401 g/mol. The van der Waals surface area contributed by atoms with Crippen molar-refractivity contribution in [3.8, 4) is 11.3 Å². The van der Waals surface area contributed by atoms with Crippen LogP contribution in [0.25, 0.3) is 22.0 Å². The molecule has 3 aromatic rings. The van der Waals surface area contributed by atoms with Crippen LogP contribution in [0.1, 0.15) is 12.0 Å². The fraction of sp³-hybridized carbons (Fsp3) is 0.238. The molecule has 2 aromatic carbocycles. The Morgan fingerprint density at radius 3 is 2.63 bits per heavy atom. The van der Waals surface area contributed by atoms with Gasteiger partial charge in [0.05, 0.1) is 12.1 Å². The predicted octanol–water partition coefficient (Wildman–Crippen LogP) is 3.92. The maximum atomic E-state index is 13.3. The standard InChI is InChI=1S/C21H17F3N2O4/c22-21(23,24)17-4-2-1-3-15(17)18-9-12-5-6-13(10-16(12)19(28)25-18)26-11-14(7-8-27)30-20(26)29/h1-6,9-10,14,27H,7-8,11H2,(H,25,28)/t14-/m1/s1. The molecular formula is C21H17F3N2O4. The summed E-state index contributed by atoms with van der Waals surface area (Å²) in [6, 6.07) is 11.2. The van der Waals surface area contributed by atoms with Gasteiger partial charge in [-0.25, -0.2) is 4.79 Å². The predicted molar refractivity (Wildman–Crippen MR) is 104 cm³/mol. The van der Waals surface area contributed by atoms with Gasteiger partial charge in [-0.15, -0.1) is 0 Å². The molecule has 0 radical (unpaired) electrons. The lowest BCUT2D eigenvalue weighted by molar-refractivity contribution is -0.137. The van der Waals surface area contributed by atoms with E-state index in [4.69, 9.17) is 9.84 Å². The summed E-state index contributed by atoms with van der Waals surface area (Å²) in [5.41, 5.74) is -1.05. The number of fused-ring (bicyclic) bond motifs is 1. The number of aromatic amines is 1. The van der Waals surface area contributed by atoms with Gasteiger partial charge in [-0.3, -0.25) is 9.69 Å². The van der Waals surface area contributed by atoms with E-state index < -0.39 is 29.5 Å². The normalized spacial score (nSPS) is 16.9. The first-order chi connectivity index (χ1) is 14.3. The number of aromatic nitrogens is 1. The van der Waals surface area contributed by atoms with Gasteiger partial charge >= 0.3 is 12.3 Å². The van der Waals surface area contributed by atoms with E-state index in [0.29, 0.717) is 17.5 Å². The number of H-pyrrole nitrogens is 1. The summed E-state index contributed by atoms with van der Waals surface area (Å²) in [4.78, 5) is 28.6. The molecule has 0 aliphatic carbocycles. The third-order valence-corrected chi connectivity index (χ3v) is 4.99. The molecule has 9 heteroatoms. The van der Waals surface area contributed by atoms with E-state index in [2.05, 4.69) is 4.98 Å². The smallest absolute Gasteiger partial charge is 0.417 e. The molecule has 1 amide bonds. The minimum absolute atomic E-state index is 0.0526. The number of benzene rings is 2. The second-order valence-corrected chi connectivity index (χ2v) is 6.96. The van der Waals surface area contributed by atoms with Crippen LogP contribution in [0.5, 0.6) is 0 Å². The quantitative estimate of drug-likeness (QED) is 0.673. The molecule has 2 heterocycles. The summed E-state index contributed by atoms with van der Waals surface area (Å²) in [7, 11) is 0. The van der Waals surface area contributed by atoms with Crippen molar-refractivity contribution in [1.82, 2.24) is 4.98 Å². The van der Waals surface area contributed by atoms with Crippen LogP contribution in [0.3, 0.4) is 0 Å². The summed E-state index contributed by atoms with van der Waals surface area (Å²) in [5.74, 6) is 0. The third-order valence-electron chi connectivity index (χ3n) is 4.99. The highest BCUT2D eigenvalue weighted by molar-refractivity contribution is 5.94. The third kappa shape index (κ3) is 3.63. The lowest BCUT2D eigenvalue weighted by Gasteiger charge is -2.15. The van der Waals surface area contributed by atoms with Crippen LogP contribution in [0, 0.1) is 0 Å². The average molecular weight is 418 g/mol. The molecule has 1 saturated heterocycles. The van der Waals surface area contributed by atoms with Crippen molar-refractivity contribution in [3.63, 3.8) is 0 Å². The lowest BCUT2D eigenvalue weighted by atomic mass is 10.0. The van der Waals surface area contributed by atoms with Gasteiger partial charge in [0.15, 0.2) is 0 Å². The van der Waals surface area contributed by atoms with Gasteiger partial charge in [-0.1, -0.05) is 24.3 Å². The van der Waals surface area contributed by atoms with Gasteiger partial charge in [0, 0.05) is 35.4 Å². The fourth-order valence-corrected chi connectivity index (χ4v) is 3.55. The zero-order valence-electron chi connectivity index (χ0n) is 15.6. The van der Waals surface area contributed by atoms with Crippen LogP contribution < -0.4 is 10.5 Å². The Kier molecular flexibility index (Phi) is 4.98. The number of anilines is 1. The Morgan fingerprint density at radius 2 is 1.90 bits per heavy atom. The number of cyclic esters (lactones) is 1. The van der Waals surface area contributed by atoms with Crippen LogP contribution in [0.2, 0.25) is 0 Å². The van der Waals surface area contributed by atoms with E-state index in [1.54, 1.807) is 12.1 Å². The number of carbonyl (C=O) groups is 1. The largest absolute Gasteiger partial charge is 0.444 e. The molecule has 1 fully saturated rings. The number of halogens is 3. The Bertz CT molecular complexity index is 1170. The number of rotatable bonds is 4. The number of aliphatic hydroxyl groups excluding tert-OH is 1. The molecule has 6 nitrogen and oxygen atoms in total. The number of ether oxygens (including phenoxy) is 1. The van der Waals surface area contributed by atoms with E-state index >= 15 is 0 Å². The highest BCUT2D eigenvalue weighted by atomic mass is 19.4. The van der Waals surface area contributed by atoms with Crippen molar-refractivity contribution in [1.29, 1.82) is 0 Å². The SMILES string of the molecule is O=C1O[C@H](CCO)CN1c1ccc2cc(-c3ccccc3C(F)(F)F)[nH]c(=O)c2c1. The topological polar surface area (TPSA) is 82.6 Å².